The van der Waals surface area contributed by atoms with Crippen molar-refractivity contribution in [1.82, 2.24) is 14.6 Å². The van der Waals surface area contributed by atoms with Crippen LogP contribution < -0.4 is 21.6 Å². The maximum absolute atomic E-state index is 13.9. The topological polar surface area (TPSA) is 126 Å². The largest absolute Gasteiger partial charge is 0.394 e. The molecule has 4 rings (SSSR count). The van der Waals surface area contributed by atoms with Crippen molar-refractivity contribution in [2.24, 2.45) is 0 Å². The third kappa shape index (κ3) is 5.89. The average molecular weight is 584 g/mol. The molecule has 3 aromatic rings. The fraction of sp³-hybridized carbons (Fsp3) is 0.467. The normalized spacial score (nSPS) is 24.4. The number of benzene rings is 2. The number of aliphatic hydroxyl groups is 2. The summed E-state index contributed by atoms with van der Waals surface area (Å²) in [5.41, 5.74) is -2.35. The van der Waals surface area contributed by atoms with E-state index in [2.05, 4.69) is 4.98 Å². The summed E-state index contributed by atoms with van der Waals surface area (Å²) in [6.45, 7) is 3.45. The molecule has 1 aliphatic heterocycles. The van der Waals surface area contributed by atoms with Gasteiger partial charge >= 0.3 is 5.69 Å². The van der Waals surface area contributed by atoms with Gasteiger partial charge in [-0.15, -0.1) is 0 Å². The molecule has 222 valence electrons. The number of hydrogen-bond acceptors (Lipinski definition) is 8. The number of rotatable bonds is 13. The Bertz CT molecular complexity index is 1340. The molecule has 10 nitrogen and oxygen atoms in total. The number of aliphatic hydroxyl groups excluding tert-OH is 2. The molecule has 11 heteroatoms. The van der Waals surface area contributed by atoms with Gasteiger partial charge < -0.3 is 19.7 Å². The van der Waals surface area contributed by atoms with Crippen LogP contribution in [0.15, 0.2) is 76.4 Å². The van der Waals surface area contributed by atoms with Gasteiger partial charge in [0.25, 0.3) is 5.56 Å². The third-order valence-corrected chi connectivity index (χ3v) is 11.6. The van der Waals surface area contributed by atoms with E-state index in [-0.39, 0.29) is 13.2 Å². The molecule has 1 fully saturated rings. The van der Waals surface area contributed by atoms with Crippen molar-refractivity contribution in [3.63, 3.8) is 0 Å². The molecule has 4 atom stereocenters. The van der Waals surface area contributed by atoms with Gasteiger partial charge in [-0.3, -0.25) is 19.2 Å². The first-order valence-electron chi connectivity index (χ1n) is 14.1. The van der Waals surface area contributed by atoms with Gasteiger partial charge in [0.15, 0.2) is 14.1 Å². The second kappa shape index (κ2) is 13.4. The van der Waals surface area contributed by atoms with Crippen molar-refractivity contribution >= 4 is 19.2 Å². The van der Waals surface area contributed by atoms with Gasteiger partial charge in [0.1, 0.15) is 17.8 Å². The molecule has 0 amide bonds. The number of unbranched alkanes of at least 4 members (excludes halogenated alkanes) is 1. The van der Waals surface area contributed by atoms with E-state index in [1.165, 1.54) is 10.8 Å². The van der Waals surface area contributed by atoms with E-state index in [0.717, 1.165) is 16.8 Å². The average Bonchev–Trinajstić information content (AvgIpc) is 3.21. The quantitative estimate of drug-likeness (QED) is 0.149. The van der Waals surface area contributed by atoms with E-state index < -0.39 is 49.8 Å². The van der Waals surface area contributed by atoms with E-state index >= 15 is 0 Å². The zero-order valence-corrected chi connectivity index (χ0v) is 25.3. The van der Waals surface area contributed by atoms with E-state index in [9.17, 15) is 19.8 Å². The molecule has 0 unspecified atom stereocenters. The Morgan fingerprint density at radius 3 is 2.20 bits per heavy atom. The lowest BCUT2D eigenvalue weighted by atomic mass is 9.87. The predicted octanol–water partition coefficient (Wildman–Crippen LogP) is 0.269. The van der Waals surface area contributed by atoms with Crippen molar-refractivity contribution in [2.45, 2.75) is 56.3 Å². The summed E-state index contributed by atoms with van der Waals surface area (Å²) < 4.78 is 15.0. The first kappa shape index (κ1) is 31.0. The fourth-order valence-electron chi connectivity index (χ4n) is 5.98. The highest BCUT2D eigenvalue weighted by molar-refractivity contribution is 6.87. The van der Waals surface area contributed by atoms with Crippen molar-refractivity contribution in [3.8, 4) is 0 Å². The van der Waals surface area contributed by atoms with E-state index in [4.69, 9.17) is 14.3 Å². The second-order valence-electron chi connectivity index (χ2n) is 10.7. The Hall–Kier alpha value is -2.90. The lowest BCUT2D eigenvalue weighted by Crippen LogP contribution is -2.74. The Balaban J connectivity index is 2.12. The molecule has 0 radical (unpaired) electrons. The van der Waals surface area contributed by atoms with Crippen molar-refractivity contribution in [1.29, 1.82) is 0 Å². The number of hydroxylamine groups is 2. The standard InChI is InChI=1S/C30H41N3O7Si/c1-5-6-17-29(38-18-19-39-32(3)4)26(35)25(21-34)40-30(29,33-20-22(2)27(36)31-28(33)37)41(23-13-9-7-10-14-23)24-15-11-8-12-16-24/h7-16,20,25-26,34-35,41H,5-6,17-19,21H2,1-4H3,(H,31,36,37)/t25-,26-,29-,30+/m1/s1. The van der Waals surface area contributed by atoms with Crippen LogP contribution in [-0.4, -0.2) is 85.3 Å². The molecule has 1 saturated heterocycles. The Morgan fingerprint density at radius 2 is 1.66 bits per heavy atom. The summed E-state index contributed by atoms with van der Waals surface area (Å²) in [6.07, 6.45) is 0.921. The van der Waals surface area contributed by atoms with Gasteiger partial charge in [0, 0.05) is 25.9 Å². The molecule has 41 heavy (non-hydrogen) atoms. The minimum absolute atomic E-state index is 0.0873. The number of ether oxygens (including phenoxy) is 2. The number of H-pyrrole nitrogens is 1. The minimum Gasteiger partial charge on any atom is -0.394 e. The van der Waals surface area contributed by atoms with Crippen LogP contribution in [0.25, 0.3) is 0 Å². The summed E-state index contributed by atoms with van der Waals surface area (Å²) in [7, 11) is 0.745. The second-order valence-corrected chi connectivity index (χ2v) is 13.6. The molecule has 3 N–H and O–H groups in total. The third-order valence-electron chi connectivity index (χ3n) is 7.78. The lowest BCUT2D eigenvalue weighted by molar-refractivity contribution is -0.206. The maximum atomic E-state index is 13.9. The van der Waals surface area contributed by atoms with Crippen LogP contribution >= 0.6 is 0 Å². The summed E-state index contributed by atoms with van der Waals surface area (Å²) >= 11 is 0. The number of aromatic amines is 1. The van der Waals surface area contributed by atoms with Crippen molar-refractivity contribution in [3.05, 3.63) is 93.3 Å². The van der Waals surface area contributed by atoms with Gasteiger partial charge in [0.05, 0.1) is 19.8 Å². The zero-order valence-electron chi connectivity index (χ0n) is 24.2. The zero-order chi connectivity index (χ0) is 29.6. The maximum Gasteiger partial charge on any atom is 0.330 e. The summed E-state index contributed by atoms with van der Waals surface area (Å²) in [5.74, 6) is 0. The highest BCUT2D eigenvalue weighted by Gasteiger charge is 2.71. The first-order valence-corrected chi connectivity index (χ1v) is 15.8. The SMILES string of the molecule is CCCC[C@@]1(OCCON(C)C)[C@H](O)[C@@H](CO)O[C@]1(n1cc(C)c(=O)[nH]c1=O)[SiH](c1ccccc1)c1ccccc1. The van der Waals surface area contributed by atoms with Crippen LogP contribution in [0.1, 0.15) is 31.7 Å². The fourth-order valence-corrected chi connectivity index (χ4v) is 10.1. The molecule has 0 saturated carbocycles. The van der Waals surface area contributed by atoms with Gasteiger partial charge in [-0.1, -0.05) is 90.8 Å². The van der Waals surface area contributed by atoms with E-state index in [1.54, 1.807) is 26.1 Å². The van der Waals surface area contributed by atoms with Crippen LogP contribution in [0.3, 0.4) is 0 Å². The Kier molecular flexibility index (Phi) is 10.1. The van der Waals surface area contributed by atoms with E-state index in [1.807, 2.05) is 67.6 Å². The van der Waals surface area contributed by atoms with Gasteiger partial charge in [0.2, 0.25) is 0 Å². The van der Waals surface area contributed by atoms with Crippen LogP contribution in [0.4, 0.5) is 0 Å². The Labute approximate surface area is 241 Å². The van der Waals surface area contributed by atoms with Crippen molar-refractivity contribution < 1.29 is 24.5 Å². The van der Waals surface area contributed by atoms with Gasteiger partial charge in [-0.05, 0) is 13.3 Å². The molecule has 1 aromatic heterocycles. The minimum atomic E-state index is -2.79. The van der Waals surface area contributed by atoms with Gasteiger partial charge in [-0.25, -0.2) is 4.79 Å². The molecule has 0 aliphatic carbocycles. The number of aromatic nitrogens is 2. The summed E-state index contributed by atoms with van der Waals surface area (Å²) in [4.78, 5) is 34.5. The highest BCUT2D eigenvalue weighted by atomic mass is 28.3. The van der Waals surface area contributed by atoms with Gasteiger partial charge in [-0.2, -0.15) is 5.06 Å². The Morgan fingerprint density at radius 1 is 1.05 bits per heavy atom. The van der Waals surface area contributed by atoms with Crippen LogP contribution in [-0.2, 0) is 19.7 Å². The smallest absolute Gasteiger partial charge is 0.330 e. The predicted molar refractivity (Wildman–Crippen MR) is 159 cm³/mol. The summed E-state index contributed by atoms with van der Waals surface area (Å²) in [5, 5.41) is 24.4. The first-order chi connectivity index (χ1) is 19.7. The molecule has 0 bridgehead atoms. The number of nitrogens with zero attached hydrogens (tertiary/aromatic N) is 2. The van der Waals surface area contributed by atoms with Crippen LogP contribution in [0, 0.1) is 6.92 Å². The number of hydrogen-bond donors (Lipinski definition) is 3. The molecule has 2 heterocycles. The number of nitrogens with one attached hydrogen (secondary N) is 1. The highest BCUT2D eigenvalue weighted by Crippen LogP contribution is 2.50. The monoisotopic (exact) mass is 583 g/mol. The molecule has 1 aliphatic rings. The van der Waals surface area contributed by atoms with Crippen LogP contribution in [0.5, 0.6) is 0 Å². The van der Waals surface area contributed by atoms with E-state index in [0.29, 0.717) is 18.4 Å². The molecule has 2 aromatic carbocycles. The molecular weight excluding hydrogens is 542 g/mol. The van der Waals surface area contributed by atoms with Crippen LogP contribution in [0.2, 0.25) is 0 Å². The summed E-state index contributed by atoms with van der Waals surface area (Å²) in [6, 6.07) is 19.6. The molecular formula is C30H41N3O7Si. The number of aryl methyl sites for hydroxylation is 1. The molecule has 0 spiro atoms. The lowest BCUT2D eigenvalue weighted by Gasteiger charge is -2.50. The van der Waals surface area contributed by atoms with Crippen molar-refractivity contribution in [2.75, 3.05) is 33.9 Å².